The molecule has 0 radical (unpaired) electrons. The van der Waals surface area contributed by atoms with Crippen LogP contribution in [0.25, 0.3) is 5.57 Å². The third-order valence-corrected chi connectivity index (χ3v) is 8.71. The maximum Gasteiger partial charge on any atom is 0.224 e. The zero-order valence-electron chi connectivity index (χ0n) is 20.6. The number of allylic oxidation sites excluding steroid dienone is 2. The lowest BCUT2D eigenvalue weighted by molar-refractivity contribution is 0.0482. The molecule has 1 saturated heterocycles. The first-order valence-corrected chi connectivity index (χ1v) is 13.5. The maximum absolute atomic E-state index is 6.61. The monoisotopic (exact) mass is 458 g/mol. The Balaban J connectivity index is 1.02. The topological polar surface area (TPSA) is 41.5 Å². The SMILES string of the molecule is CC[C@H]1CCC2=C1c1c(ncnc1OC1CCC(N3CCN(Cc4ccccc4)CC3)CC1)C2. The van der Waals surface area contributed by atoms with Crippen LogP contribution in [0.2, 0.25) is 0 Å². The van der Waals surface area contributed by atoms with Gasteiger partial charge in [0.1, 0.15) is 12.4 Å². The van der Waals surface area contributed by atoms with Crippen molar-refractivity contribution >= 4 is 5.57 Å². The number of benzene rings is 1. The third kappa shape index (κ3) is 4.40. The Bertz CT molecular complexity index is 1020. The Labute approximate surface area is 204 Å². The first-order valence-electron chi connectivity index (χ1n) is 13.5. The lowest BCUT2D eigenvalue weighted by Gasteiger charge is -2.42. The van der Waals surface area contributed by atoms with Crippen molar-refractivity contribution < 1.29 is 4.74 Å². The molecule has 1 aliphatic heterocycles. The van der Waals surface area contributed by atoms with Crippen molar-refractivity contribution in [2.24, 2.45) is 5.92 Å². The van der Waals surface area contributed by atoms with Crippen LogP contribution in [0.5, 0.6) is 5.88 Å². The van der Waals surface area contributed by atoms with Gasteiger partial charge in [-0.3, -0.25) is 9.80 Å². The highest BCUT2D eigenvalue weighted by Gasteiger charge is 2.36. The first kappa shape index (κ1) is 22.2. The van der Waals surface area contributed by atoms with Crippen molar-refractivity contribution in [1.29, 1.82) is 0 Å². The molecule has 1 aromatic carbocycles. The zero-order valence-corrected chi connectivity index (χ0v) is 20.6. The molecule has 1 atom stereocenters. The van der Waals surface area contributed by atoms with Crippen LogP contribution in [0.1, 0.15) is 68.7 Å². The molecule has 3 aliphatic carbocycles. The molecule has 0 unspecified atom stereocenters. The number of fused-ring (bicyclic) bond motifs is 2. The van der Waals surface area contributed by atoms with Crippen LogP contribution >= 0.6 is 0 Å². The second kappa shape index (κ2) is 9.79. The van der Waals surface area contributed by atoms with Gasteiger partial charge in [0.25, 0.3) is 0 Å². The van der Waals surface area contributed by atoms with Gasteiger partial charge in [-0.25, -0.2) is 9.97 Å². The van der Waals surface area contributed by atoms with Gasteiger partial charge in [-0.2, -0.15) is 0 Å². The molecule has 1 aromatic heterocycles. The predicted octanol–water partition coefficient (Wildman–Crippen LogP) is 5.11. The van der Waals surface area contributed by atoms with Crippen LogP contribution in [0.15, 0.2) is 42.2 Å². The number of hydrogen-bond donors (Lipinski definition) is 0. The average molecular weight is 459 g/mol. The van der Waals surface area contributed by atoms with Crippen LogP contribution in [0.4, 0.5) is 0 Å². The Morgan fingerprint density at radius 2 is 1.74 bits per heavy atom. The van der Waals surface area contributed by atoms with E-state index in [9.17, 15) is 0 Å². The fourth-order valence-corrected chi connectivity index (χ4v) is 6.80. The molecule has 2 heterocycles. The summed E-state index contributed by atoms with van der Waals surface area (Å²) < 4.78 is 6.61. The van der Waals surface area contributed by atoms with Gasteiger partial charge >= 0.3 is 0 Å². The van der Waals surface area contributed by atoms with Crippen LogP contribution < -0.4 is 4.74 Å². The van der Waals surface area contributed by atoms with Gasteiger partial charge in [0, 0.05) is 45.2 Å². The lowest BCUT2D eigenvalue weighted by atomic mass is 9.91. The summed E-state index contributed by atoms with van der Waals surface area (Å²) in [7, 11) is 0. The van der Waals surface area contributed by atoms with E-state index in [4.69, 9.17) is 4.74 Å². The van der Waals surface area contributed by atoms with E-state index in [-0.39, 0.29) is 0 Å². The van der Waals surface area contributed by atoms with Gasteiger partial charge < -0.3 is 4.74 Å². The van der Waals surface area contributed by atoms with E-state index in [1.807, 2.05) is 0 Å². The Hall–Kier alpha value is -2.24. The molecule has 5 nitrogen and oxygen atoms in total. The fraction of sp³-hybridized carbons (Fsp3) is 0.586. The second-order valence-electron chi connectivity index (χ2n) is 10.7. The quantitative estimate of drug-likeness (QED) is 0.601. The standard InChI is InChI=1S/C29H38N4O/c1-2-22-8-9-23-18-26-28(27(22)23)29(31-20-30-26)34-25-12-10-24(11-13-25)33-16-14-32(15-17-33)19-21-6-4-3-5-7-21/h3-7,20,22,24-25H,2,8-19H2,1H3/t22-,24?,25?/m0/s1. The van der Waals surface area contributed by atoms with Crippen LogP contribution in [0.3, 0.4) is 0 Å². The van der Waals surface area contributed by atoms with Gasteiger partial charge in [-0.05, 0) is 62.0 Å². The summed E-state index contributed by atoms with van der Waals surface area (Å²) in [6.45, 7) is 8.12. The van der Waals surface area contributed by atoms with E-state index in [1.54, 1.807) is 11.9 Å². The van der Waals surface area contributed by atoms with Crippen molar-refractivity contribution in [2.75, 3.05) is 26.2 Å². The number of hydrogen-bond acceptors (Lipinski definition) is 5. The predicted molar refractivity (Wildman–Crippen MR) is 136 cm³/mol. The molecule has 0 spiro atoms. The highest BCUT2D eigenvalue weighted by atomic mass is 16.5. The summed E-state index contributed by atoms with van der Waals surface area (Å²) in [5.74, 6) is 1.54. The Morgan fingerprint density at radius 1 is 0.941 bits per heavy atom. The van der Waals surface area contributed by atoms with Crippen molar-refractivity contribution in [2.45, 2.75) is 77.0 Å². The van der Waals surface area contributed by atoms with E-state index >= 15 is 0 Å². The van der Waals surface area contributed by atoms with Crippen LogP contribution in [-0.4, -0.2) is 58.1 Å². The van der Waals surface area contributed by atoms with Crippen LogP contribution in [-0.2, 0) is 13.0 Å². The highest BCUT2D eigenvalue weighted by molar-refractivity contribution is 5.81. The molecule has 0 N–H and O–H groups in total. The molecule has 34 heavy (non-hydrogen) atoms. The molecular weight excluding hydrogens is 420 g/mol. The van der Waals surface area contributed by atoms with Gasteiger partial charge in [0.05, 0.1) is 11.3 Å². The van der Waals surface area contributed by atoms with Crippen molar-refractivity contribution in [3.63, 3.8) is 0 Å². The summed E-state index contributed by atoms with van der Waals surface area (Å²) in [5.41, 5.74) is 7.03. The number of nitrogens with zero attached hydrogens (tertiary/aromatic N) is 4. The van der Waals surface area contributed by atoms with Gasteiger partial charge in [0.15, 0.2) is 0 Å². The summed E-state index contributed by atoms with van der Waals surface area (Å²) in [5, 5.41) is 0. The number of piperazine rings is 1. The Kier molecular flexibility index (Phi) is 6.40. The fourth-order valence-electron chi connectivity index (χ4n) is 6.80. The zero-order chi connectivity index (χ0) is 22.9. The molecule has 0 bridgehead atoms. The largest absolute Gasteiger partial charge is 0.474 e. The van der Waals surface area contributed by atoms with E-state index in [0.29, 0.717) is 18.1 Å². The minimum atomic E-state index is 0.292. The molecule has 5 heteroatoms. The summed E-state index contributed by atoms with van der Waals surface area (Å²) >= 11 is 0. The van der Waals surface area contributed by atoms with Crippen molar-refractivity contribution in [3.8, 4) is 5.88 Å². The van der Waals surface area contributed by atoms with E-state index in [2.05, 4.69) is 57.0 Å². The van der Waals surface area contributed by atoms with Crippen molar-refractivity contribution in [3.05, 3.63) is 59.1 Å². The second-order valence-corrected chi connectivity index (χ2v) is 10.7. The smallest absolute Gasteiger partial charge is 0.224 e. The molecule has 2 fully saturated rings. The maximum atomic E-state index is 6.61. The van der Waals surface area contributed by atoms with E-state index in [1.165, 1.54) is 80.7 Å². The van der Waals surface area contributed by atoms with Crippen LogP contribution in [0, 0.1) is 5.92 Å². The summed E-state index contributed by atoms with van der Waals surface area (Å²) in [6.07, 6.45) is 11.5. The highest BCUT2D eigenvalue weighted by Crippen LogP contribution is 2.49. The first-order chi connectivity index (χ1) is 16.8. The number of rotatable bonds is 6. The lowest BCUT2D eigenvalue weighted by Crippen LogP contribution is -2.51. The number of aromatic nitrogens is 2. The molecule has 0 amide bonds. The normalized spacial score (nSPS) is 27.6. The molecule has 1 saturated carbocycles. The Morgan fingerprint density at radius 3 is 2.50 bits per heavy atom. The van der Waals surface area contributed by atoms with Gasteiger partial charge in [0.2, 0.25) is 5.88 Å². The summed E-state index contributed by atoms with van der Waals surface area (Å²) in [6, 6.07) is 11.6. The van der Waals surface area contributed by atoms with Gasteiger partial charge in [-0.15, -0.1) is 0 Å². The molecule has 6 rings (SSSR count). The van der Waals surface area contributed by atoms with Gasteiger partial charge in [-0.1, -0.05) is 42.8 Å². The minimum absolute atomic E-state index is 0.292. The average Bonchev–Trinajstić information content (AvgIpc) is 3.45. The molecule has 2 aromatic rings. The molecular formula is C29H38N4O. The molecule has 4 aliphatic rings. The van der Waals surface area contributed by atoms with Crippen molar-refractivity contribution in [1.82, 2.24) is 19.8 Å². The van der Waals surface area contributed by atoms with E-state index < -0.39 is 0 Å². The third-order valence-electron chi connectivity index (χ3n) is 8.71. The van der Waals surface area contributed by atoms with E-state index in [0.717, 1.165) is 31.7 Å². The minimum Gasteiger partial charge on any atom is -0.474 e. The molecule has 180 valence electrons. The number of ether oxygens (including phenoxy) is 1. The summed E-state index contributed by atoms with van der Waals surface area (Å²) in [4.78, 5) is 14.6.